The second-order valence-electron chi connectivity index (χ2n) is 11.8. The molecule has 2 aliphatic rings. The lowest BCUT2D eigenvalue weighted by atomic mass is 9.97. The minimum Gasteiger partial charge on any atom is -0.462 e. The summed E-state index contributed by atoms with van der Waals surface area (Å²) in [6.07, 6.45) is 0.968. The predicted molar refractivity (Wildman–Crippen MR) is 165 cm³/mol. The van der Waals surface area contributed by atoms with E-state index >= 15 is 4.39 Å². The van der Waals surface area contributed by atoms with Gasteiger partial charge in [0, 0.05) is 43.9 Å². The molecule has 4 aromatic rings. The first-order chi connectivity index (χ1) is 22.0. The number of carbonyl (C=O) groups is 1. The molecule has 2 aromatic carbocycles. The van der Waals surface area contributed by atoms with Gasteiger partial charge in [-0.25, -0.2) is 17.6 Å². The van der Waals surface area contributed by atoms with E-state index in [1.165, 1.54) is 16.0 Å². The minimum absolute atomic E-state index is 0.0427. The second kappa shape index (κ2) is 12.2. The Morgan fingerprint density at radius 1 is 1.17 bits per heavy atom. The van der Waals surface area contributed by atoms with Crippen LogP contribution >= 0.6 is 0 Å². The van der Waals surface area contributed by atoms with Gasteiger partial charge in [-0.3, -0.25) is 14.7 Å². The van der Waals surface area contributed by atoms with Gasteiger partial charge in [-0.2, -0.15) is 15.2 Å². The largest absolute Gasteiger partial charge is 0.462 e. The fourth-order valence-electron chi connectivity index (χ4n) is 6.41. The number of pyridine rings is 1. The van der Waals surface area contributed by atoms with Gasteiger partial charge in [-0.1, -0.05) is 43.0 Å². The fraction of sp³-hybridized carbons (Fsp3) is 0.364. The minimum atomic E-state index is -2.86. The highest BCUT2D eigenvalue weighted by atomic mass is 19.3. The number of alkyl halides is 2. The zero-order chi connectivity index (χ0) is 32.7. The van der Waals surface area contributed by atoms with E-state index in [1.807, 2.05) is 43.3 Å². The lowest BCUT2D eigenvalue weighted by Crippen LogP contribution is -2.55. The Bertz CT molecular complexity index is 1890. The lowest BCUT2D eigenvalue weighted by Gasteiger charge is -2.41. The Hall–Kier alpha value is -4.83. The third-order valence-corrected chi connectivity index (χ3v) is 8.66. The lowest BCUT2D eigenvalue weighted by molar-refractivity contribution is -0.131. The summed E-state index contributed by atoms with van der Waals surface area (Å²) in [5.74, 6) is -5.39. The maximum atomic E-state index is 16.6. The number of halogens is 4. The zero-order valence-corrected chi connectivity index (χ0v) is 25.3. The Labute approximate surface area is 262 Å². The van der Waals surface area contributed by atoms with Gasteiger partial charge < -0.3 is 14.5 Å². The summed E-state index contributed by atoms with van der Waals surface area (Å²) in [6, 6.07) is 11.8. The molecule has 6 rings (SSSR count). The fourth-order valence-corrected chi connectivity index (χ4v) is 6.41. The SMILES string of the molecule is C=C(F)C(=O)N1CCN(c2nc(OCC3CC(F)(F)CN3C)nc3c(F)c(-c4cccc5cccc(C)c45)ncc23)CC1CC#N. The van der Waals surface area contributed by atoms with Crippen LogP contribution in [-0.2, 0) is 4.79 Å². The molecule has 2 atom stereocenters. The number of ether oxygens (including phenoxy) is 1. The van der Waals surface area contributed by atoms with Crippen molar-refractivity contribution in [3.8, 4) is 23.3 Å². The standard InChI is InChI=1S/C33H31F4N7O2/c1-19-6-4-7-21-8-5-9-24(26(19)21)28-27(35)29-25(15-39-28)30(41-32(40-29)46-17-23-14-33(36,37)18-42(23)3)43-12-13-44(31(45)20(2)34)22(16-43)10-11-38/h4-9,15,22-23H,2,10,12-14,16-18H2,1,3H3. The van der Waals surface area contributed by atoms with Crippen molar-refractivity contribution in [2.75, 3.05) is 44.7 Å². The molecule has 0 N–H and O–H groups in total. The summed E-state index contributed by atoms with van der Waals surface area (Å²) in [4.78, 5) is 30.4. The number of carbonyl (C=O) groups excluding carboxylic acids is 1. The molecule has 2 aliphatic heterocycles. The van der Waals surface area contributed by atoms with Crippen molar-refractivity contribution in [2.24, 2.45) is 0 Å². The van der Waals surface area contributed by atoms with Gasteiger partial charge in [0.15, 0.2) is 11.6 Å². The molecule has 4 heterocycles. The molecular weight excluding hydrogens is 602 g/mol. The van der Waals surface area contributed by atoms with E-state index in [2.05, 4.69) is 21.5 Å². The molecule has 0 bridgehead atoms. The molecule has 0 aliphatic carbocycles. The molecule has 46 heavy (non-hydrogen) atoms. The average Bonchev–Trinajstić information content (AvgIpc) is 3.30. The van der Waals surface area contributed by atoms with Crippen LogP contribution in [0.2, 0.25) is 0 Å². The molecule has 0 radical (unpaired) electrons. The number of nitrogens with zero attached hydrogens (tertiary/aromatic N) is 7. The number of likely N-dealkylation sites (tertiary alicyclic amines) is 1. The van der Waals surface area contributed by atoms with E-state index in [1.54, 1.807) is 18.0 Å². The summed E-state index contributed by atoms with van der Waals surface area (Å²) in [7, 11) is 1.58. The Morgan fingerprint density at radius 3 is 2.63 bits per heavy atom. The number of rotatable bonds is 7. The van der Waals surface area contributed by atoms with Gasteiger partial charge in [0.05, 0.1) is 30.5 Å². The zero-order valence-electron chi connectivity index (χ0n) is 25.3. The maximum absolute atomic E-state index is 16.6. The van der Waals surface area contributed by atoms with Crippen LogP contribution in [0.3, 0.4) is 0 Å². The van der Waals surface area contributed by atoms with E-state index in [4.69, 9.17) is 4.74 Å². The van der Waals surface area contributed by atoms with E-state index in [-0.39, 0.29) is 61.1 Å². The van der Waals surface area contributed by atoms with Crippen LogP contribution in [0.4, 0.5) is 23.4 Å². The molecular formula is C33H31F4N7O2. The highest BCUT2D eigenvalue weighted by Gasteiger charge is 2.43. The van der Waals surface area contributed by atoms with E-state index in [9.17, 15) is 23.2 Å². The first-order valence-electron chi connectivity index (χ1n) is 14.8. The highest BCUT2D eigenvalue weighted by Crippen LogP contribution is 2.37. The van der Waals surface area contributed by atoms with Crippen molar-refractivity contribution in [3.63, 3.8) is 0 Å². The first-order valence-corrected chi connectivity index (χ1v) is 14.8. The number of hydrogen-bond donors (Lipinski definition) is 0. The number of nitriles is 1. The molecule has 1 amide bonds. The number of hydrogen-bond acceptors (Lipinski definition) is 8. The monoisotopic (exact) mass is 633 g/mol. The summed E-state index contributed by atoms with van der Waals surface area (Å²) in [6.45, 7) is 4.74. The Morgan fingerprint density at radius 2 is 1.93 bits per heavy atom. The molecule has 9 nitrogen and oxygen atoms in total. The number of aryl methyl sites for hydroxylation is 1. The number of piperazine rings is 1. The average molecular weight is 634 g/mol. The van der Waals surface area contributed by atoms with E-state index < -0.39 is 48.5 Å². The summed E-state index contributed by atoms with van der Waals surface area (Å²) >= 11 is 0. The molecule has 238 valence electrons. The van der Waals surface area contributed by atoms with Gasteiger partial charge in [-0.15, -0.1) is 0 Å². The van der Waals surface area contributed by atoms with Gasteiger partial charge in [0.25, 0.3) is 11.8 Å². The van der Waals surface area contributed by atoms with E-state index in [0.29, 0.717) is 5.56 Å². The Balaban J connectivity index is 1.44. The van der Waals surface area contributed by atoms with Crippen LogP contribution in [0.25, 0.3) is 32.9 Å². The topological polar surface area (TPSA) is 98.5 Å². The van der Waals surface area contributed by atoms with Crippen LogP contribution in [0.5, 0.6) is 6.01 Å². The van der Waals surface area contributed by atoms with Crippen LogP contribution in [0.1, 0.15) is 18.4 Å². The summed E-state index contributed by atoms with van der Waals surface area (Å²) in [5, 5.41) is 11.4. The van der Waals surface area contributed by atoms with Crippen LogP contribution in [-0.4, -0.2) is 88.5 Å². The van der Waals surface area contributed by atoms with Crippen molar-refractivity contribution < 1.29 is 27.1 Å². The molecule has 2 unspecified atom stereocenters. The van der Waals surface area contributed by atoms with Gasteiger partial charge >= 0.3 is 6.01 Å². The van der Waals surface area contributed by atoms with Crippen LogP contribution < -0.4 is 9.64 Å². The normalized spacial score (nSPS) is 19.8. The van der Waals surface area contributed by atoms with Crippen LogP contribution in [0.15, 0.2) is 55.0 Å². The van der Waals surface area contributed by atoms with Crippen molar-refractivity contribution >= 4 is 33.4 Å². The number of fused-ring (bicyclic) bond motifs is 2. The molecule has 0 spiro atoms. The maximum Gasteiger partial charge on any atom is 0.319 e. The highest BCUT2D eigenvalue weighted by molar-refractivity contribution is 6.00. The van der Waals surface area contributed by atoms with Crippen molar-refractivity contribution in [1.29, 1.82) is 5.26 Å². The quantitative estimate of drug-likeness (QED) is 0.197. The number of aromatic nitrogens is 3. The second-order valence-corrected chi connectivity index (χ2v) is 11.8. The number of benzene rings is 2. The summed E-state index contributed by atoms with van der Waals surface area (Å²) < 4.78 is 64.4. The predicted octanol–water partition coefficient (Wildman–Crippen LogP) is 5.42. The summed E-state index contributed by atoms with van der Waals surface area (Å²) in [5.41, 5.74) is 1.48. The molecule has 2 aromatic heterocycles. The molecule has 2 fully saturated rings. The van der Waals surface area contributed by atoms with Gasteiger partial charge in [-0.05, 0) is 30.3 Å². The number of anilines is 1. The van der Waals surface area contributed by atoms with Gasteiger partial charge in [0.2, 0.25) is 0 Å². The number of likely N-dealkylation sites (N-methyl/N-ethyl adjacent to an activating group) is 1. The molecule has 0 saturated carbocycles. The first kappa shape index (κ1) is 31.2. The smallest absolute Gasteiger partial charge is 0.319 e. The van der Waals surface area contributed by atoms with Crippen LogP contribution in [0, 0.1) is 24.1 Å². The number of amides is 1. The molecule has 2 saturated heterocycles. The van der Waals surface area contributed by atoms with Crippen molar-refractivity contribution in [3.05, 3.63) is 66.4 Å². The third kappa shape index (κ3) is 5.80. The van der Waals surface area contributed by atoms with Crippen molar-refractivity contribution in [1.82, 2.24) is 24.8 Å². The third-order valence-electron chi connectivity index (χ3n) is 8.66. The van der Waals surface area contributed by atoms with Crippen molar-refractivity contribution in [2.45, 2.75) is 37.8 Å². The van der Waals surface area contributed by atoms with E-state index in [0.717, 1.165) is 16.3 Å². The van der Waals surface area contributed by atoms with Gasteiger partial charge in [0.1, 0.15) is 23.6 Å². The Kier molecular flexibility index (Phi) is 8.24. The molecule has 13 heteroatoms.